The number of rotatable bonds is 6. The highest BCUT2D eigenvalue weighted by Gasteiger charge is 2.27. The molecule has 1 saturated heterocycles. The Bertz CT molecular complexity index is 479. The van der Waals surface area contributed by atoms with E-state index >= 15 is 0 Å². The highest BCUT2D eigenvalue weighted by Crippen LogP contribution is 2.20. The molecular formula is C16H21NO3. The Labute approximate surface area is 119 Å². The van der Waals surface area contributed by atoms with E-state index < -0.39 is 0 Å². The van der Waals surface area contributed by atoms with Crippen molar-refractivity contribution in [1.82, 2.24) is 5.32 Å². The van der Waals surface area contributed by atoms with Gasteiger partial charge in [0.2, 0.25) is 0 Å². The van der Waals surface area contributed by atoms with Crippen molar-refractivity contribution in [3.8, 4) is 5.75 Å². The monoisotopic (exact) mass is 275 g/mol. The Balaban J connectivity index is 1.97. The van der Waals surface area contributed by atoms with Gasteiger partial charge in [0.25, 0.3) is 5.91 Å². The molecular weight excluding hydrogens is 254 g/mol. The highest BCUT2D eigenvalue weighted by molar-refractivity contribution is 5.97. The molecule has 1 aromatic rings. The average Bonchev–Trinajstić information content (AvgIpc) is 2.80. The van der Waals surface area contributed by atoms with Crippen LogP contribution in [-0.4, -0.2) is 19.2 Å². The molecule has 1 N–H and O–H groups in total. The number of carbonyl (C=O) groups excluding carboxylic acids is 1. The normalized spacial score (nSPS) is 19.8. The van der Waals surface area contributed by atoms with E-state index in [-0.39, 0.29) is 12.1 Å². The number of hydrogen-bond acceptors (Lipinski definition) is 3. The van der Waals surface area contributed by atoms with Crippen LogP contribution in [0.1, 0.15) is 38.2 Å². The fraction of sp³-hybridized carbons (Fsp3) is 0.438. The molecule has 1 atom stereocenters. The zero-order valence-electron chi connectivity index (χ0n) is 12.0. The van der Waals surface area contributed by atoms with E-state index in [1.807, 2.05) is 24.3 Å². The van der Waals surface area contributed by atoms with Crippen LogP contribution in [0, 0.1) is 0 Å². The number of methoxy groups -OCH3 is 1. The van der Waals surface area contributed by atoms with E-state index in [2.05, 4.69) is 12.2 Å². The summed E-state index contributed by atoms with van der Waals surface area (Å²) in [5, 5.41) is 2.85. The summed E-state index contributed by atoms with van der Waals surface area (Å²) in [6.45, 7) is 2.16. The molecule has 1 fully saturated rings. The van der Waals surface area contributed by atoms with Gasteiger partial charge in [0.15, 0.2) is 12.0 Å². The Morgan fingerprint density at radius 3 is 2.70 bits per heavy atom. The zero-order valence-corrected chi connectivity index (χ0v) is 12.0. The van der Waals surface area contributed by atoms with Gasteiger partial charge in [-0.25, -0.2) is 0 Å². The largest absolute Gasteiger partial charge is 0.497 e. The van der Waals surface area contributed by atoms with E-state index in [1.165, 1.54) is 0 Å². The van der Waals surface area contributed by atoms with Crippen molar-refractivity contribution in [3.63, 3.8) is 0 Å². The number of carbonyl (C=O) groups is 1. The van der Waals surface area contributed by atoms with Gasteiger partial charge in [0.05, 0.1) is 7.11 Å². The summed E-state index contributed by atoms with van der Waals surface area (Å²) < 4.78 is 10.8. The number of unbranched alkanes of at least 4 members (excludes halogenated alkanes) is 2. The summed E-state index contributed by atoms with van der Waals surface area (Å²) in [4.78, 5) is 11.8. The fourth-order valence-corrected chi connectivity index (χ4v) is 2.12. The second kappa shape index (κ2) is 6.98. The summed E-state index contributed by atoms with van der Waals surface area (Å²) in [6, 6.07) is 7.51. The van der Waals surface area contributed by atoms with Crippen molar-refractivity contribution in [1.29, 1.82) is 0 Å². The van der Waals surface area contributed by atoms with Gasteiger partial charge >= 0.3 is 0 Å². The number of hydrogen-bond donors (Lipinski definition) is 1. The van der Waals surface area contributed by atoms with Crippen molar-refractivity contribution < 1.29 is 14.3 Å². The van der Waals surface area contributed by atoms with E-state index in [9.17, 15) is 4.79 Å². The summed E-state index contributed by atoms with van der Waals surface area (Å²) in [6.07, 6.45) is 5.83. The maximum absolute atomic E-state index is 11.8. The van der Waals surface area contributed by atoms with Crippen molar-refractivity contribution in [2.75, 3.05) is 7.11 Å². The van der Waals surface area contributed by atoms with Crippen LogP contribution in [0.3, 0.4) is 0 Å². The molecule has 4 nitrogen and oxygen atoms in total. The Morgan fingerprint density at radius 2 is 2.05 bits per heavy atom. The lowest BCUT2D eigenvalue weighted by molar-refractivity contribution is -0.116. The molecule has 0 radical (unpaired) electrons. The first-order valence-corrected chi connectivity index (χ1v) is 7.06. The molecule has 1 aliphatic heterocycles. The molecule has 1 aliphatic rings. The van der Waals surface area contributed by atoms with Crippen LogP contribution in [-0.2, 0) is 9.53 Å². The van der Waals surface area contributed by atoms with Crippen molar-refractivity contribution >= 4 is 12.0 Å². The van der Waals surface area contributed by atoms with Crippen LogP contribution in [0.15, 0.2) is 30.0 Å². The molecule has 1 aromatic carbocycles. The molecule has 4 heteroatoms. The van der Waals surface area contributed by atoms with E-state index in [0.717, 1.165) is 37.0 Å². The molecule has 0 saturated carbocycles. The van der Waals surface area contributed by atoms with Gasteiger partial charge in [-0.15, -0.1) is 0 Å². The van der Waals surface area contributed by atoms with Gasteiger partial charge in [0, 0.05) is 6.42 Å². The third kappa shape index (κ3) is 3.76. The molecule has 0 bridgehead atoms. The summed E-state index contributed by atoms with van der Waals surface area (Å²) in [5.74, 6) is 1.04. The standard InChI is InChI=1S/C16H21NO3/c1-3-4-5-6-15-17-16(18)14(20-15)11-12-7-9-13(19-2)10-8-12/h7-11,15H,3-6H2,1-2H3,(H,17,18)/b14-11-. The predicted octanol–water partition coefficient (Wildman–Crippen LogP) is 3.09. The molecule has 108 valence electrons. The summed E-state index contributed by atoms with van der Waals surface area (Å²) in [5.41, 5.74) is 0.921. The molecule has 0 aromatic heterocycles. The van der Waals surface area contributed by atoms with E-state index in [1.54, 1.807) is 13.2 Å². The fourth-order valence-electron chi connectivity index (χ4n) is 2.12. The van der Waals surface area contributed by atoms with Gasteiger partial charge in [-0.05, 0) is 30.2 Å². The summed E-state index contributed by atoms with van der Waals surface area (Å²) in [7, 11) is 1.63. The second-order valence-electron chi connectivity index (χ2n) is 4.86. The zero-order chi connectivity index (χ0) is 14.4. The first-order chi connectivity index (χ1) is 9.72. The van der Waals surface area contributed by atoms with Gasteiger partial charge in [-0.2, -0.15) is 0 Å². The highest BCUT2D eigenvalue weighted by atomic mass is 16.5. The van der Waals surface area contributed by atoms with Gasteiger partial charge in [0.1, 0.15) is 5.75 Å². The molecule has 1 heterocycles. The van der Waals surface area contributed by atoms with E-state index in [4.69, 9.17) is 9.47 Å². The first-order valence-electron chi connectivity index (χ1n) is 7.06. The third-order valence-electron chi connectivity index (χ3n) is 3.27. The van der Waals surface area contributed by atoms with Crippen LogP contribution in [0.4, 0.5) is 0 Å². The van der Waals surface area contributed by atoms with Crippen molar-refractivity contribution in [2.45, 2.75) is 38.8 Å². The smallest absolute Gasteiger partial charge is 0.289 e. The average molecular weight is 275 g/mol. The number of nitrogens with one attached hydrogen (secondary N) is 1. The predicted molar refractivity (Wildman–Crippen MR) is 78.1 cm³/mol. The molecule has 1 unspecified atom stereocenters. The number of amides is 1. The molecule has 0 aliphatic carbocycles. The van der Waals surface area contributed by atoms with Crippen molar-refractivity contribution in [3.05, 3.63) is 35.6 Å². The van der Waals surface area contributed by atoms with Crippen LogP contribution in [0.25, 0.3) is 6.08 Å². The van der Waals surface area contributed by atoms with Crippen LogP contribution in [0.5, 0.6) is 5.75 Å². The first kappa shape index (κ1) is 14.4. The minimum absolute atomic E-state index is 0.137. The maximum Gasteiger partial charge on any atom is 0.289 e. The van der Waals surface area contributed by atoms with Gasteiger partial charge in [-0.3, -0.25) is 4.79 Å². The molecule has 20 heavy (non-hydrogen) atoms. The minimum atomic E-state index is -0.182. The number of ether oxygens (including phenoxy) is 2. The Morgan fingerprint density at radius 1 is 1.30 bits per heavy atom. The molecule has 2 rings (SSSR count). The maximum atomic E-state index is 11.8. The summed E-state index contributed by atoms with van der Waals surface area (Å²) >= 11 is 0. The molecule has 1 amide bonds. The number of benzene rings is 1. The van der Waals surface area contributed by atoms with Crippen LogP contribution < -0.4 is 10.1 Å². The van der Waals surface area contributed by atoms with Crippen LogP contribution in [0.2, 0.25) is 0 Å². The Hall–Kier alpha value is -1.97. The lowest BCUT2D eigenvalue weighted by Crippen LogP contribution is -2.25. The molecule has 0 spiro atoms. The minimum Gasteiger partial charge on any atom is -0.497 e. The van der Waals surface area contributed by atoms with Gasteiger partial charge < -0.3 is 14.8 Å². The SMILES string of the molecule is CCCCCC1NC(=O)/C(=C/c2ccc(OC)cc2)O1. The Kier molecular flexibility index (Phi) is 5.04. The lowest BCUT2D eigenvalue weighted by atomic mass is 10.2. The second-order valence-corrected chi connectivity index (χ2v) is 4.86. The van der Waals surface area contributed by atoms with Crippen molar-refractivity contribution in [2.24, 2.45) is 0 Å². The lowest BCUT2D eigenvalue weighted by Gasteiger charge is -2.08. The quantitative estimate of drug-likeness (QED) is 0.641. The third-order valence-corrected chi connectivity index (χ3v) is 3.27. The van der Waals surface area contributed by atoms with Crippen LogP contribution >= 0.6 is 0 Å². The van der Waals surface area contributed by atoms with E-state index in [0.29, 0.717) is 5.76 Å². The topological polar surface area (TPSA) is 47.6 Å². The van der Waals surface area contributed by atoms with Gasteiger partial charge in [-0.1, -0.05) is 31.9 Å².